The smallest absolute Gasteiger partial charge is 0.260 e. The van der Waals surface area contributed by atoms with Crippen molar-refractivity contribution in [3.8, 4) is 5.75 Å². The third kappa shape index (κ3) is 6.56. The van der Waals surface area contributed by atoms with Gasteiger partial charge in [0.15, 0.2) is 6.61 Å². The molecule has 1 atom stereocenters. The van der Waals surface area contributed by atoms with Crippen LogP contribution in [0.15, 0.2) is 24.3 Å². The van der Waals surface area contributed by atoms with Crippen molar-refractivity contribution in [1.82, 2.24) is 4.90 Å². The van der Waals surface area contributed by atoms with Crippen molar-refractivity contribution < 1.29 is 19.1 Å². The maximum atomic E-state index is 12.0. The SMILES string of the molecule is CSCC[C@H](N)C(=O)Nc1ccc(OCC(=O)N2CCOCC2)cc1. The van der Waals surface area contributed by atoms with E-state index in [0.29, 0.717) is 44.2 Å². The fourth-order valence-electron chi connectivity index (χ4n) is 2.29. The summed E-state index contributed by atoms with van der Waals surface area (Å²) in [6.07, 6.45) is 2.62. The molecule has 0 aliphatic carbocycles. The number of morpholine rings is 1. The molecule has 8 heteroatoms. The lowest BCUT2D eigenvalue weighted by atomic mass is 10.2. The summed E-state index contributed by atoms with van der Waals surface area (Å²) >= 11 is 1.66. The zero-order valence-electron chi connectivity index (χ0n) is 14.4. The van der Waals surface area contributed by atoms with Gasteiger partial charge in [0, 0.05) is 18.8 Å². The largest absolute Gasteiger partial charge is 0.484 e. The predicted octanol–water partition coefficient (Wildman–Crippen LogP) is 0.943. The highest BCUT2D eigenvalue weighted by Crippen LogP contribution is 2.16. The zero-order chi connectivity index (χ0) is 18.1. The van der Waals surface area contributed by atoms with Gasteiger partial charge in [-0.3, -0.25) is 9.59 Å². The molecular formula is C17H25N3O4S. The van der Waals surface area contributed by atoms with Gasteiger partial charge in [-0.15, -0.1) is 0 Å². The summed E-state index contributed by atoms with van der Waals surface area (Å²) in [6, 6.07) is 6.38. The number of amides is 2. The number of benzene rings is 1. The molecule has 1 aliphatic rings. The van der Waals surface area contributed by atoms with Gasteiger partial charge in [0.1, 0.15) is 5.75 Å². The molecule has 25 heavy (non-hydrogen) atoms. The number of hydrogen-bond acceptors (Lipinski definition) is 6. The number of nitrogens with two attached hydrogens (primary N) is 1. The first-order chi connectivity index (χ1) is 12.1. The van der Waals surface area contributed by atoms with Crippen molar-refractivity contribution in [2.24, 2.45) is 5.73 Å². The molecule has 2 rings (SSSR count). The zero-order valence-corrected chi connectivity index (χ0v) is 15.2. The number of nitrogens with zero attached hydrogens (tertiary/aromatic N) is 1. The normalized spacial score (nSPS) is 15.5. The molecule has 0 saturated carbocycles. The van der Waals surface area contributed by atoms with E-state index in [4.69, 9.17) is 15.2 Å². The summed E-state index contributed by atoms with van der Waals surface area (Å²) in [5, 5.41) is 2.78. The van der Waals surface area contributed by atoms with Crippen LogP contribution in [0.5, 0.6) is 5.75 Å². The van der Waals surface area contributed by atoms with Gasteiger partial charge in [-0.2, -0.15) is 11.8 Å². The van der Waals surface area contributed by atoms with Gasteiger partial charge in [-0.1, -0.05) is 0 Å². The van der Waals surface area contributed by atoms with Crippen molar-refractivity contribution in [2.75, 3.05) is 50.2 Å². The van der Waals surface area contributed by atoms with E-state index in [-0.39, 0.29) is 18.4 Å². The van der Waals surface area contributed by atoms with Gasteiger partial charge in [0.25, 0.3) is 5.91 Å². The number of anilines is 1. The summed E-state index contributed by atoms with van der Waals surface area (Å²) in [6.45, 7) is 2.33. The molecule has 0 bridgehead atoms. The Balaban J connectivity index is 1.77. The molecule has 1 fully saturated rings. The molecule has 2 amide bonds. The van der Waals surface area contributed by atoms with Crippen LogP contribution in [0.4, 0.5) is 5.69 Å². The number of hydrogen-bond donors (Lipinski definition) is 2. The molecular weight excluding hydrogens is 342 g/mol. The quantitative estimate of drug-likeness (QED) is 0.710. The third-order valence-corrected chi connectivity index (χ3v) is 4.46. The lowest BCUT2D eigenvalue weighted by molar-refractivity contribution is -0.137. The van der Waals surface area contributed by atoms with E-state index in [1.54, 1.807) is 40.9 Å². The molecule has 1 aromatic carbocycles. The molecule has 0 unspecified atom stereocenters. The van der Waals surface area contributed by atoms with Gasteiger partial charge in [-0.05, 0) is 42.7 Å². The van der Waals surface area contributed by atoms with Crippen LogP contribution in [-0.4, -0.2) is 67.7 Å². The molecule has 0 spiro atoms. The van der Waals surface area contributed by atoms with Crippen molar-refractivity contribution in [2.45, 2.75) is 12.5 Å². The van der Waals surface area contributed by atoms with Crippen molar-refractivity contribution in [3.63, 3.8) is 0 Å². The van der Waals surface area contributed by atoms with E-state index in [2.05, 4.69) is 5.32 Å². The number of thioether (sulfide) groups is 1. The van der Waals surface area contributed by atoms with Crippen LogP contribution < -0.4 is 15.8 Å². The Morgan fingerprint density at radius 2 is 2.00 bits per heavy atom. The Labute approximate surface area is 152 Å². The van der Waals surface area contributed by atoms with Crippen LogP contribution in [0.2, 0.25) is 0 Å². The van der Waals surface area contributed by atoms with Crippen molar-refractivity contribution >= 4 is 29.3 Å². The van der Waals surface area contributed by atoms with Crippen molar-refractivity contribution in [1.29, 1.82) is 0 Å². The fourth-order valence-corrected chi connectivity index (χ4v) is 2.78. The predicted molar refractivity (Wildman–Crippen MR) is 98.9 cm³/mol. The second kappa shape index (κ2) is 10.3. The second-order valence-corrected chi connectivity index (χ2v) is 6.67. The number of carbonyl (C=O) groups excluding carboxylic acids is 2. The molecule has 7 nitrogen and oxygen atoms in total. The first-order valence-electron chi connectivity index (χ1n) is 8.24. The minimum atomic E-state index is -0.519. The summed E-state index contributed by atoms with van der Waals surface area (Å²) < 4.78 is 10.7. The van der Waals surface area contributed by atoms with Gasteiger partial charge in [-0.25, -0.2) is 0 Å². The lowest BCUT2D eigenvalue weighted by Gasteiger charge is -2.26. The van der Waals surface area contributed by atoms with Crippen LogP contribution in [-0.2, 0) is 14.3 Å². The number of nitrogens with one attached hydrogen (secondary N) is 1. The number of rotatable bonds is 8. The summed E-state index contributed by atoms with van der Waals surface area (Å²) in [4.78, 5) is 25.7. The van der Waals surface area contributed by atoms with E-state index < -0.39 is 6.04 Å². The minimum Gasteiger partial charge on any atom is -0.484 e. The summed E-state index contributed by atoms with van der Waals surface area (Å²) in [7, 11) is 0. The molecule has 0 aromatic heterocycles. The lowest BCUT2D eigenvalue weighted by Crippen LogP contribution is -2.42. The molecule has 1 aliphatic heterocycles. The highest BCUT2D eigenvalue weighted by Gasteiger charge is 2.17. The van der Waals surface area contributed by atoms with Gasteiger partial charge in [0.2, 0.25) is 5.91 Å². The standard InChI is InChI=1S/C17H25N3O4S/c1-25-11-6-15(18)17(22)19-13-2-4-14(5-3-13)24-12-16(21)20-7-9-23-10-8-20/h2-5,15H,6-12,18H2,1H3,(H,19,22)/t15-/m0/s1. The summed E-state index contributed by atoms with van der Waals surface area (Å²) in [5.74, 6) is 1.16. The second-order valence-electron chi connectivity index (χ2n) is 5.68. The maximum absolute atomic E-state index is 12.0. The maximum Gasteiger partial charge on any atom is 0.260 e. The van der Waals surface area contributed by atoms with Crippen LogP contribution >= 0.6 is 11.8 Å². The van der Waals surface area contributed by atoms with Gasteiger partial charge in [0.05, 0.1) is 19.3 Å². The Morgan fingerprint density at radius 3 is 2.64 bits per heavy atom. The Kier molecular flexibility index (Phi) is 8.03. The van der Waals surface area contributed by atoms with Crippen LogP contribution in [0.25, 0.3) is 0 Å². The van der Waals surface area contributed by atoms with Crippen LogP contribution in [0, 0.1) is 0 Å². The Bertz CT molecular complexity index is 562. The van der Waals surface area contributed by atoms with E-state index in [1.165, 1.54) is 0 Å². The van der Waals surface area contributed by atoms with Crippen LogP contribution in [0.1, 0.15) is 6.42 Å². The monoisotopic (exact) mass is 367 g/mol. The molecule has 3 N–H and O–H groups in total. The molecule has 1 aromatic rings. The highest BCUT2D eigenvalue weighted by atomic mass is 32.2. The number of ether oxygens (including phenoxy) is 2. The Morgan fingerprint density at radius 1 is 1.32 bits per heavy atom. The minimum absolute atomic E-state index is 0.00867. The van der Waals surface area contributed by atoms with E-state index >= 15 is 0 Å². The average molecular weight is 367 g/mol. The first-order valence-corrected chi connectivity index (χ1v) is 9.63. The Hall–Kier alpha value is -1.77. The first kappa shape index (κ1) is 19.6. The third-order valence-electron chi connectivity index (χ3n) is 3.82. The molecule has 1 heterocycles. The van der Waals surface area contributed by atoms with Gasteiger partial charge < -0.3 is 25.4 Å². The fraction of sp³-hybridized carbons (Fsp3) is 0.529. The summed E-state index contributed by atoms with van der Waals surface area (Å²) in [5.41, 5.74) is 6.48. The highest BCUT2D eigenvalue weighted by molar-refractivity contribution is 7.98. The average Bonchev–Trinajstić information content (AvgIpc) is 2.65. The molecule has 1 saturated heterocycles. The van der Waals surface area contributed by atoms with Crippen LogP contribution in [0.3, 0.4) is 0 Å². The number of carbonyl (C=O) groups is 2. The molecule has 0 radical (unpaired) electrons. The molecule has 138 valence electrons. The van der Waals surface area contributed by atoms with E-state index in [9.17, 15) is 9.59 Å². The van der Waals surface area contributed by atoms with E-state index in [1.807, 2.05) is 6.26 Å². The van der Waals surface area contributed by atoms with E-state index in [0.717, 1.165) is 5.75 Å². The van der Waals surface area contributed by atoms with Crippen molar-refractivity contribution in [3.05, 3.63) is 24.3 Å². The van der Waals surface area contributed by atoms with Gasteiger partial charge >= 0.3 is 0 Å². The topological polar surface area (TPSA) is 93.9 Å².